The van der Waals surface area contributed by atoms with Crippen LogP contribution in [0.5, 0.6) is 0 Å². The number of rotatable bonds is 4. The van der Waals surface area contributed by atoms with Crippen molar-refractivity contribution < 1.29 is 5.11 Å². The first-order valence-corrected chi connectivity index (χ1v) is 4.73. The number of aliphatic hydroxyl groups excluding tert-OH is 1. The second kappa shape index (κ2) is 4.21. The average Bonchev–Trinajstić information content (AvgIpc) is 1.87. The molecule has 3 N–H and O–H groups in total. The molecule has 3 heteroatoms. The van der Waals surface area contributed by atoms with Crippen molar-refractivity contribution in [1.29, 1.82) is 0 Å². The van der Waals surface area contributed by atoms with E-state index in [1.165, 1.54) is 0 Å². The molecule has 0 aliphatic rings. The molecule has 0 amide bonds. The maximum Gasteiger partial charge on any atom is 0.0608 e. The maximum atomic E-state index is 8.80. The molecule has 62 valence electrons. The Morgan fingerprint density at radius 3 is 2.50 bits per heavy atom. The van der Waals surface area contributed by atoms with Crippen LogP contribution in [0.15, 0.2) is 0 Å². The molecule has 0 bridgehead atoms. The standard InChI is InChI=1S/C7H17NOS/c1-6(10-3)4-7(2,8)5-9/h6,9H,4-5,8H2,1-3H3. The number of hydrogen-bond donors (Lipinski definition) is 2. The fourth-order valence-corrected chi connectivity index (χ4v) is 1.35. The van der Waals surface area contributed by atoms with Crippen LogP contribution in [-0.2, 0) is 0 Å². The first-order valence-electron chi connectivity index (χ1n) is 3.44. The molecule has 0 saturated heterocycles. The summed E-state index contributed by atoms with van der Waals surface area (Å²) in [6.07, 6.45) is 2.92. The Morgan fingerprint density at radius 2 is 2.20 bits per heavy atom. The predicted molar refractivity (Wildman–Crippen MR) is 47.3 cm³/mol. The largest absolute Gasteiger partial charge is 0.394 e. The zero-order valence-corrected chi connectivity index (χ0v) is 7.74. The molecule has 0 aliphatic heterocycles. The molecule has 0 aromatic carbocycles. The van der Waals surface area contributed by atoms with Gasteiger partial charge in [-0.05, 0) is 19.6 Å². The van der Waals surface area contributed by atoms with Gasteiger partial charge in [-0.25, -0.2) is 0 Å². The highest BCUT2D eigenvalue weighted by Crippen LogP contribution is 2.16. The van der Waals surface area contributed by atoms with Crippen molar-refractivity contribution >= 4 is 11.8 Å². The Bertz CT molecular complexity index is 95.6. The molecule has 10 heavy (non-hydrogen) atoms. The molecule has 0 aromatic rings. The van der Waals surface area contributed by atoms with E-state index in [-0.39, 0.29) is 6.61 Å². The van der Waals surface area contributed by atoms with Gasteiger partial charge in [-0.1, -0.05) is 6.92 Å². The Balaban J connectivity index is 3.64. The van der Waals surface area contributed by atoms with E-state index < -0.39 is 5.54 Å². The van der Waals surface area contributed by atoms with Gasteiger partial charge in [0.15, 0.2) is 0 Å². The fraction of sp³-hybridized carbons (Fsp3) is 1.00. The number of hydrogen-bond acceptors (Lipinski definition) is 3. The second-order valence-electron chi connectivity index (χ2n) is 3.06. The maximum absolute atomic E-state index is 8.80. The lowest BCUT2D eigenvalue weighted by Crippen LogP contribution is -2.42. The first kappa shape index (κ1) is 10.3. The third-order valence-electron chi connectivity index (χ3n) is 1.52. The summed E-state index contributed by atoms with van der Waals surface area (Å²) < 4.78 is 0. The highest BCUT2D eigenvalue weighted by atomic mass is 32.2. The minimum absolute atomic E-state index is 0.0674. The Morgan fingerprint density at radius 1 is 1.70 bits per heavy atom. The molecule has 0 radical (unpaired) electrons. The summed E-state index contributed by atoms with van der Waals surface area (Å²) in [6, 6.07) is 0. The van der Waals surface area contributed by atoms with Crippen molar-refractivity contribution in [3.05, 3.63) is 0 Å². The number of thioether (sulfide) groups is 1. The first-order chi connectivity index (χ1) is 4.52. The highest BCUT2D eigenvalue weighted by Gasteiger charge is 2.19. The average molecular weight is 163 g/mol. The fourth-order valence-electron chi connectivity index (χ4n) is 0.805. The van der Waals surface area contributed by atoms with Crippen LogP contribution >= 0.6 is 11.8 Å². The van der Waals surface area contributed by atoms with E-state index in [0.29, 0.717) is 5.25 Å². The van der Waals surface area contributed by atoms with Crippen molar-refractivity contribution in [2.24, 2.45) is 5.73 Å². The van der Waals surface area contributed by atoms with E-state index in [1.54, 1.807) is 11.8 Å². The molecule has 0 rings (SSSR count). The molecule has 0 heterocycles. The Labute approximate surface area is 67.2 Å². The molecule has 2 atom stereocenters. The SMILES string of the molecule is CSC(C)CC(C)(N)CO. The summed E-state index contributed by atoms with van der Waals surface area (Å²) in [4.78, 5) is 0. The molecular weight excluding hydrogens is 146 g/mol. The lowest BCUT2D eigenvalue weighted by atomic mass is 9.99. The van der Waals surface area contributed by atoms with Gasteiger partial charge >= 0.3 is 0 Å². The third kappa shape index (κ3) is 4.14. The zero-order chi connectivity index (χ0) is 8.20. The van der Waals surface area contributed by atoms with Gasteiger partial charge in [0.25, 0.3) is 0 Å². The van der Waals surface area contributed by atoms with Crippen LogP contribution in [0.3, 0.4) is 0 Å². The van der Waals surface area contributed by atoms with E-state index in [4.69, 9.17) is 10.8 Å². The van der Waals surface area contributed by atoms with Gasteiger partial charge in [0, 0.05) is 10.8 Å². The zero-order valence-electron chi connectivity index (χ0n) is 6.92. The monoisotopic (exact) mass is 163 g/mol. The van der Waals surface area contributed by atoms with Crippen LogP contribution in [0.1, 0.15) is 20.3 Å². The van der Waals surface area contributed by atoms with Gasteiger partial charge in [0.05, 0.1) is 6.61 Å². The molecule has 2 nitrogen and oxygen atoms in total. The summed E-state index contributed by atoms with van der Waals surface area (Å²) in [5.41, 5.74) is 5.33. The van der Waals surface area contributed by atoms with Crippen molar-refractivity contribution in [2.75, 3.05) is 12.9 Å². The predicted octanol–water partition coefficient (Wildman–Crippen LogP) is 0.838. The van der Waals surface area contributed by atoms with Crippen molar-refractivity contribution in [3.8, 4) is 0 Å². The van der Waals surface area contributed by atoms with Crippen molar-refractivity contribution in [1.82, 2.24) is 0 Å². The molecule has 0 spiro atoms. The van der Waals surface area contributed by atoms with Gasteiger partial charge in [0.2, 0.25) is 0 Å². The summed E-state index contributed by atoms with van der Waals surface area (Å²) in [7, 11) is 0. The van der Waals surface area contributed by atoms with Crippen LogP contribution in [0, 0.1) is 0 Å². The molecule has 0 aliphatic carbocycles. The molecule has 0 saturated carbocycles. The minimum atomic E-state index is -0.400. The van der Waals surface area contributed by atoms with E-state index >= 15 is 0 Å². The van der Waals surface area contributed by atoms with Crippen LogP contribution in [0.4, 0.5) is 0 Å². The number of aliphatic hydroxyl groups is 1. The normalized spacial score (nSPS) is 20.1. The summed E-state index contributed by atoms with van der Waals surface area (Å²) in [5.74, 6) is 0. The summed E-state index contributed by atoms with van der Waals surface area (Å²) in [6.45, 7) is 4.06. The highest BCUT2D eigenvalue weighted by molar-refractivity contribution is 7.99. The van der Waals surface area contributed by atoms with Crippen LogP contribution < -0.4 is 5.73 Å². The Hall–Kier alpha value is 0.270. The van der Waals surface area contributed by atoms with Crippen LogP contribution in [0.25, 0.3) is 0 Å². The lowest BCUT2D eigenvalue weighted by molar-refractivity contribution is 0.201. The van der Waals surface area contributed by atoms with Gasteiger partial charge < -0.3 is 10.8 Å². The topological polar surface area (TPSA) is 46.2 Å². The molecular formula is C7H17NOS. The lowest BCUT2D eigenvalue weighted by Gasteiger charge is -2.24. The van der Waals surface area contributed by atoms with Gasteiger partial charge in [0.1, 0.15) is 0 Å². The van der Waals surface area contributed by atoms with Crippen LogP contribution in [-0.4, -0.2) is 28.8 Å². The van der Waals surface area contributed by atoms with E-state index in [0.717, 1.165) is 6.42 Å². The molecule has 0 aromatic heterocycles. The quantitative estimate of drug-likeness (QED) is 0.645. The smallest absolute Gasteiger partial charge is 0.0608 e. The van der Waals surface area contributed by atoms with Gasteiger partial charge in [-0.3, -0.25) is 0 Å². The Kier molecular flexibility index (Phi) is 4.32. The van der Waals surface area contributed by atoms with Gasteiger partial charge in [-0.15, -0.1) is 0 Å². The number of nitrogens with two attached hydrogens (primary N) is 1. The molecule has 0 fully saturated rings. The van der Waals surface area contributed by atoms with Gasteiger partial charge in [-0.2, -0.15) is 11.8 Å². The van der Waals surface area contributed by atoms with E-state index in [9.17, 15) is 0 Å². The second-order valence-corrected chi connectivity index (χ2v) is 4.34. The minimum Gasteiger partial charge on any atom is -0.394 e. The summed E-state index contributed by atoms with van der Waals surface area (Å²) >= 11 is 1.78. The van der Waals surface area contributed by atoms with E-state index in [2.05, 4.69) is 13.2 Å². The van der Waals surface area contributed by atoms with Crippen molar-refractivity contribution in [3.63, 3.8) is 0 Å². The van der Waals surface area contributed by atoms with Crippen LogP contribution in [0.2, 0.25) is 0 Å². The third-order valence-corrected chi connectivity index (χ3v) is 2.49. The molecule has 2 unspecified atom stereocenters. The summed E-state index contributed by atoms with van der Waals surface area (Å²) in [5, 5.41) is 9.33. The van der Waals surface area contributed by atoms with E-state index in [1.807, 2.05) is 6.92 Å². The van der Waals surface area contributed by atoms with Crippen molar-refractivity contribution in [2.45, 2.75) is 31.1 Å².